The molecule has 3 heterocycles. The summed E-state index contributed by atoms with van der Waals surface area (Å²) in [6.07, 6.45) is -10.7. The molecule has 24 nitrogen and oxygen atoms in total. The van der Waals surface area contributed by atoms with Crippen molar-refractivity contribution in [2.24, 2.45) is 0 Å². The first-order chi connectivity index (χ1) is 50.6. The van der Waals surface area contributed by atoms with E-state index in [0.717, 1.165) is 87.9 Å². The van der Waals surface area contributed by atoms with Gasteiger partial charge in [-0.1, -0.05) is 36.4 Å². The summed E-state index contributed by atoms with van der Waals surface area (Å²) in [6, 6.07) is 21.1. The van der Waals surface area contributed by atoms with Crippen LogP contribution in [0.2, 0.25) is 0 Å². The number of carbonyl (C=O) groups is 8. The number of nitrogens with zero attached hydrogens (tertiary/aromatic N) is 9. The van der Waals surface area contributed by atoms with Gasteiger partial charge in [-0.05, 0) is 134 Å². The van der Waals surface area contributed by atoms with E-state index in [9.17, 15) is 115 Å². The van der Waals surface area contributed by atoms with E-state index >= 15 is 0 Å². The van der Waals surface area contributed by atoms with Crippen molar-refractivity contribution in [3.05, 3.63) is 211 Å². The number of nitrogens with one attached hydrogen (secondary N) is 2. The van der Waals surface area contributed by atoms with Gasteiger partial charge in [-0.25, -0.2) is 50.6 Å². The molecule has 6 aromatic carbocycles. The molecule has 0 radical (unpaired) electrons. The number of urea groups is 5. The number of imide groups is 2. The lowest BCUT2D eigenvalue weighted by molar-refractivity contribution is -0.138. The van der Waals surface area contributed by atoms with Gasteiger partial charge in [0.15, 0.2) is 37.0 Å². The summed E-state index contributed by atoms with van der Waals surface area (Å²) >= 11 is 0. The van der Waals surface area contributed by atoms with Crippen LogP contribution >= 0.6 is 0 Å². The van der Waals surface area contributed by atoms with E-state index in [0.29, 0.717) is 26.0 Å². The molecule has 0 fully saturated rings. The third kappa shape index (κ3) is 15.0. The second kappa shape index (κ2) is 29.9. The highest BCUT2D eigenvalue weighted by Gasteiger charge is 2.53. The minimum absolute atomic E-state index is 0.00147. The van der Waals surface area contributed by atoms with E-state index in [4.69, 9.17) is 0 Å². The van der Waals surface area contributed by atoms with Crippen molar-refractivity contribution in [2.75, 3.05) is 54.1 Å². The standard InChI is InChI=1S/C25H21F3N4O5S.C24H19F3N4O5S.C23H18F3N3O3S/c1-3-30-23(34)32-22(17-8-7-14(13-29)11-20(17)38(2,36)37)21-18(9-10-19(21)33)31(24(32)35)16-6-4-5-15(12-16)25(26,27)28;1-29-22(33)31-21(16-7-6-13(12-28)10-19(16)37(2,35)36)20-17(8-9-18(20)32)30(23(31)34)15-5-3-4-14(11-15)24(25,26)27;1-28-21(16-7-6-13(12-27)10-19(16)33(2)32)20-17(8-9-18(20)30)29(22(28)31)15-5-3-4-14(11-15)23(24,25)26/h4-8,11-12,22H,3,9-10H2,1-2H3,(H,30,34);3-7,10-11,21H,8-9H2,1-2H3,(H,29,33);3-7,10-11,21H,8-9H2,1-2H3. The number of halogens is 9. The van der Waals surface area contributed by atoms with Gasteiger partial charge in [0, 0.05) is 97.4 Å². The topological polar surface area (TPSA) is 337 Å². The average molecular weight is 1550 g/mol. The monoisotopic (exact) mass is 1550 g/mol. The van der Waals surface area contributed by atoms with Crippen LogP contribution in [0.4, 0.5) is 80.5 Å². The fourth-order valence-electron chi connectivity index (χ4n) is 13.5. The molecule has 3 aliphatic heterocycles. The summed E-state index contributed by atoms with van der Waals surface area (Å²) in [5, 5.41) is 32.5. The second-order valence-electron chi connectivity index (χ2n) is 24.9. The molecule has 560 valence electrons. The lowest BCUT2D eigenvalue weighted by Gasteiger charge is -2.41. The van der Waals surface area contributed by atoms with Crippen LogP contribution in [0.15, 0.2) is 176 Å². The van der Waals surface area contributed by atoms with Gasteiger partial charge in [0.1, 0.15) is 12.1 Å². The molecular formula is C72H58F9N11O13S3. The molecule has 36 heteroatoms. The van der Waals surface area contributed by atoms with E-state index < -0.39 is 126 Å². The molecule has 4 unspecified atom stereocenters. The number of allylic oxidation sites excluding steroid dienone is 3. The molecule has 0 bridgehead atoms. The van der Waals surface area contributed by atoms with Gasteiger partial charge >= 0.3 is 48.7 Å². The number of amides is 10. The van der Waals surface area contributed by atoms with Crippen molar-refractivity contribution in [3.8, 4) is 18.2 Å². The number of hydrogen-bond acceptors (Lipinski definition) is 16. The fourth-order valence-corrected chi connectivity index (χ4v) is 16.2. The molecule has 6 aliphatic rings. The SMILES string of the molecule is CCNC(=O)N1C(=O)N(c2cccc(C(F)(F)F)c2)C2=C(C(=O)CC2)C1c1ccc(C#N)cc1S(C)(=O)=O.CN1C(=O)N(c2cccc(C(F)(F)F)c2)C2=C(C(=O)CC2)C1c1ccc(C#N)cc1S(C)=O.CNC(=O)N1C(=O)N(c2cccc(C(F)(F)F)c2)C2=C(C(=O)CC2)C1c1ccc(C#N)cc1S(C)(=O)=O. The van der Waals surface area contributed by atoms with Crippen molar-refractivity contribution < 1.29 is 98.9 Å². The predicted molar refractivity (Wildman–Crippen MR) is 367 cm³/mol. The van der Waals surface area contributed by atoms with Gasteiger partial charge in [-0.15, -0.1) is 0 Å². The number of hydrogen-bond donors (Lipinski definition) is 2. The largest absolute Gasteiger partial charge is 0.416 e. The Morgan fingerprint density at radius 3 is 1.15 bits per heavy atom. The van der Waals surface area contributed by atoms with Crippen LogP contribution < -0.4 is 25.3 Å². The number of anilines is 3. The average Bonchev–Trinajstić information content (AvgIpc) is 1.45. The Morgan fingerprint density at radius 1 is 0.491 bits per heavy atom. The van der Waals surface area contributed by atoms with Gasteiger partial charge in [0.05, 0.1) is 95.3 Å². The lowest BCUT2D eigenvalue weighted by Crippen LogP contribution is -2.55. The van der Waals surface area contributed by atoms with Gasteiger partial charge in [-0.2, -0.15) is 55.3 Å². The van der Waals surface area contributed by atoms with E-state index in [1.807, 2.05) is 18.2 Å². The number of carbonyl (C=O) groups excluding carboxylic acids is 8. The zero-order chi connectivity index (χ0) is 79.4. The van der Waals surface area contributed by atoms with Gasteiger partial charge < -0.3 is 15.5 Å². The molecule has 10 amide bonds. The fraction of sp³-hybridized carbons (Fsp3) is 0.264. The van der Waals surface area contributed by atoms with E-state index in [-0.39, 0.29) is 134 Å². The summed E-state index contributed by atoms with van der Waals surface area (Å²) in [6.45, 7) is 1.63. The van der Waals surface area contributed by atoms with E-state index in [2.05, 4.69) is 10.6 Å². The third-order valence-corrected chi connectivity index (χ3v) is 21.4. The summed E-state index contributed by atoms with van der Waals surface area (Å²) < 4.78 is 184. The number of likely N-dealkylation sites (N-methyl/N-ethyl adjacent to an activating group) is 1. The zero-order valence-corrected chi connectivity index (χ0v) is 59.7. The lowest BCUT2D eigenvalue weighted by atomic mass is 9.92. The maximum absolute atomic E-state index is 13.9. The summed E-state index contributed by atoms with van der Waals surface area (Å²) in [4.78, 5) is 112. The Kier molecular flexibility index (Phi) is 21.8. The Labute approximate surface area is 612 Å². The van der Waals surface area contributed by atoms with Crippen molar-refractivity contribution in [3.63, 3.8) is 0 Å². The first-order valence-electron chi connectivity index (χ1n) is 32.1. The number of rotatable bonds is 10. The number of nitriles is 3. The number of sulfone groups is 2. The molecule has 2 N–H and O–H groups in total. The molecule has 12 rings (SSSR count). The van der Waals surface area contributed by atoms with Crippen molar-refractivity contribution in [1.82, 2.24) is 25.3 Å². The van der Waals surface area contributed by atoms with Crippen LogP contribution in [0.25, 0.3) is 0 Å². The molecule has 0 aromatic heterocycles. The maximum Gasteiger partial charge on any atom is 0.416 e. The third-order valence-electron chi connectivity index (χ3n) is 18.1. The first-order valence-corrected chi connectivity index (χ1v) is 37.5. The van der Waals surface area contributed by atoms with Gasteiger partial charge in [0.2, 0.25) is 0 Å². The zero-order valence-electron chi connectivity index (χ0n) is 57.3. The molecule has 0 spiro atoms. The predicted octanol–water partition coefficient (Wildman–Crippen LogP) is 12.8. The van der Waals surface area contributed by atoms with Crippen LogP contribution in [-0.2, 0) is 63.4 Å². The Balaban J connectivity index is 0.000000173. The molecule has 0 saturated heterocycles. The number of benzene rings is 6. The highest BCUT2D eigenvalue weighted by atomic mass is 32.2. The minimum atomic E-state index is -4.72. The van der Waals surface area contributed by atoms with Crippen LogP contribution in [0.3, 0.4) is 0 Å². The first kappa shape index (κ1) is 78.8. The molecular weight excluding hydrogens is 1490 g/mol. The number of Topliss-reactive ketones (excluding diaryl/α,β-unsaturated/α-hetero) is 3. The molecule has 108 heavy (non-hydrogen) atoms. The molecule has 4 atom stereocenters. The van der Waals surface area contributed by atoms with Crippen LogP contribution in [0.5, 0.6) is 0 Å². The maximum atomic E-state index is 13.9. The number of ketones is 3. The van der Waals surface area contributed by atoms with Crippen molar-refractivity contribution >= 4 is 95.0 Å². The second-order valence-corrected chi connectivity index (χ2v) is 30.2. The minimum Gasteiger partial charge on any atom is -0.341 e. The van der Waals surface area contributed by atoms with Crippen molar-refractivity contribution in [2.45, 2.75) is 96.8 Å². The smallest absolute Gasteiger partial charge is 0.341 e. The van der Waals surface area contributed by atoms with Gasteiger partial charge in [-0.3, -0.25) is 33.3 Å². The van der Waals surface area contributed by atoms with Gasteiger partial charge in [0.25, 0.3) is 0 Å². The summed E-state index contributed by atoms with van der Waals surface area (Å²) in [5.74, 6) is -1.22. The van der Waals surface area contributed by atoms with Crippen LogP contribution in [-0.4, -0.2) is 123 Å². The number of alkyl halides is 9. The quantitative estimate of drug-likeness (QED) is 0.120. The molecule has 6 aromatic rings. The Hall–Kier alpha value is -11.8. The molecule has 0 saturated carbocycles. The summed E-state index contributed by atoms with van der Waals surface area (Å²) in [7, 11) is -6.90. The van der Waals surface area contributed by atoms with E-state index in [1.165, 1.54) is 85.9 Å². The molecule has 3 aliphatic carbocycles. The van der Waals surface area contributed by atoms with Crippen LogP contribution in [0, 0.1) is 34.0 Å². The summed E-state index contributed by atoms with van der Waals surface area (Å²) in [5.41, 5.74) is -2.23. The Bertz CT molecular complexity index is 5390. The van der Waals surface area contributed by atoms with Crippen LogP contribution in [0.1, 0.15) is 114 Å². The van der Waals surface area contributed by atoms with E-state index in [1.54, 1.807) is 13.0 Å². The highest BCUT2D eigenvalue weighted by molar-refractivity contribution is 7.91. The van der Waals surface area contributed by atoms with Crippen molar-refractivity contribution in [1.29, 1.82) is 15.8 Å². The highest BCUT2D eigenvalue weighted by Crippen LogP contribution is 2.51. The Morgan fingerprint density at radius 2 is 0.824 bits per heavy atom. The normalized spacial score (nSPS) is 18.5.